The van der Waals surface area contributed by atoms with Crippen LogP contribution in [0.5, 0.6) is 34.5 Å². The monoisotopic (exact) mass is 1140 g/mol. The molecule has 0 bridgehead atoms. The average molecular weight is 1140 g/mol. The summed E-state index contributed by atoms with van der Waals surface area (Å²) in [6.45, 7) is 6.34. The zero-order valence-electron chi connectivity index (χ0n) is 43.2. The third-order valence-corrected chi connectivity index (χ3v) is 13.2. The van der Waals surface area contributed by atoms with E-state index >= 15 is 0 Å². The van der Waals surface area contributed by atoms with Crippen LogP contribution in [0.15, 0.2) is 173 Å². The first kappa shape index (κ1) is 54.9. The van der Waals surface area contributed by atoms with Crippen LogP contribution in [-0.2, 0) is 39.3 Å². The lowest BCUT2D eigenvalue weighted by atomic mass is 10.1. The molecule has 0 saturated carbocycles. The first-order chi connectivity index (χ1) is 36.5. The molecular weight excluding hydrogens is 1080 g/mol. The quantitative estimate of drug-likeness (QED) is 0.0747. The van der Waals surface area contributed by atoms with Crippen molar-refractivity contribution in [2.75, 3.05) is 58.2 Å². The highest BCUT2D eigenvalue weighted by molar-refractivity contribution is 9.11. The van der Waals surface area contributed by atoms with E-state index in [0.29, 0.717) is 32.0 Å². The number of hydrogen-bond donors (Lipinski definition) is 2. The van der Waals surface area contributed by atoms with Crippen molar-refractivity contribution >= 4 is 49.3 Å². The third-order valence-electron chi connectivity index (χ3n) is 12.0. The second kappa shape index (κ2) is 27.4. The van der Waals surface area contributed by atoms with Crippen LogP contribution < -0.4 is 44.0 Å². The molecule has 390 valence electrons. The molecule has 75 heavy (non-hydrogen) atoms. The summed E-state index contributed by atoms with van der Waals surface area (Å²) in [5.74, 6) is 7.64. The van der Waals surface area contributed by atoms with Gasteiger partial charge in [-0.15, -0.1) is 0 Å². The van der Waals surface area contributed by atoms with E-state index in [1.54, 1.807) is 48.9 Å². The van der Waals surface area contributed by atoms with Crippen molar-refractivity contribution in [1.29, 1.82) is 0 Å². The van der Waals surface area contributed by atoms with Crippen LogP contribution >= 0.6 is 31.9 Å². The second-order valence-corrected chi connectivity index (χ2v) is 18.9. The minimum absolute atomic E-state index is 0.569. The van der Waals surface area contributed by atoms with Crippen molar-refractivity contribution in [3.05, 3.63) is 212 Å². The fourth-order valence-corrected chi connectivity index (χ4v) is 8.75. The molecule has 3 heterocycles. The molecule has 0 aliphatic rings. The number of aromatic amines is 1. The third kappa shape index (κ3) is 15.8. The van der Waals surface area contributed by atoms with E-state index in [1.807, 2.05) is 88.4 Å². The van der Waals surface area contributed by atoms with Crippen LogP contribution in [0.3, 0.4) is 0 Å². The Morgan fingerprint density at radius 3 is 1.13 bits per heavy atom. The molecule has 0 fully saturated rings. The molecule has 17 heteroatoms. The molecule has 0 aliphatic carbocycles. The number of benzene rings is 6. The van der Waals surface area contributed by atoms with Gasteiger partial charge in [0, 0.05) is 37.9 Å². The van der Waals surface area contributed by atoms with Gasteiger partial charge >= 0.3 is 0 Å². The molecule has 0 atom stereocenters. The highest BCUT2D eigenvalue weighted by Crippen LogP contribution is 2.31. The number of nitrogens with zero attached hydrogens (tertiary/aromatic N) is 7. The summed E-state index contributed by atoms with van der Waals surface area (Å²) in [6.07, 6.45) is 5.57. The van der Waals surface area contributed by atoms with Crippen molar-refractivity contribution in [2.24, 2.45) is 0 Å². The molecule has 0 radical (unpaired) electrons. The molecule has 0 unspecified atom stereocenters. The number of rotatable bonds is 20. The normalized spacial score (nSPS) is 10.6. The first-order valence-electron chi connectivity index (χ1n) is 23.9. The lowest BCUT2D eigenvalue weighted by Gasteiger charge is -2.26. The standard InChI is InChI=1S/C28H31N3O3.C27H28BrN3O3.C3H4BrN3/c1-21-17-31(20-24-9-15-27(34-4)16-10-24)29-28(21)30(18-22-5-11-25(32-2)12-6-22)19-23-7-13-26(33-3)14-8-23;1-32-23-10-4-20(5-11-23)17-30(18-21-6-12-24(33-2)13-7-21)27-26(28)16-29-31(27)19-22-8-14-25(34-3)15-9-22;4-2-1-6-7-3(2)5/h5-17H,18-20H2,1-4H3;4-16H,17-19H2,1-3H3;1H,(H3,5,6,7). The number of anilines is 3. The molecule has 0 spiro atoms. The summed E-state index contributed by atoms with van der Waals surface area (Å²) in [5, 5.41) is 15.8. The van der Waals surface area contributed by atoms with E-state index in [0.717, 1.165) is 79.3 Å². The van der Waals surface area contributed by atoms with Crippen LogP contribution in [-0.4, -0.2) is 72.4 Å². The van der Waals surface area contributed by atoms with Crippen LogP contribution in [0.1, 0.15) is 38.9 Å². The minimum Gasteiger partial charge on any atom is -0.497 e. The van der Waals surface area contributed by atoms with Gasteiger partial charge in [-0.25, -0.2) is 4.68 Å². The molecule has 0 amide bonds. The Morgan fingerprint density at radius 2 is 0.813 bits per heavy atom. The van der Waals surface area contributed by atoms with Gasteiger partial charge in [-0.3, -0.25) is 9.78 Å². The van der Waals surface area contributed by atoms with Gasteiger partial charge < -0.3 is 44.0 Å². The van der Waals surface area contributed by atoms with Crippen molar-refractivity contribution in [1.82, 2.24) is 29.8 Å². The molecule has 0 aliphatic heterocycles. The van der Waals surface area contributed by atoms with Gasteiger partial charge in [0.1, 0.15) is 46.1 Å². The molecular formula is C58H63Br2N9O6. The average Bonchev–Trinajstić information content (AvgIpc) is 4.14. The zero-order chi connectivity index (χ0) is 53.1. The minimum atomic E-state index is 0.569. The fourth-order valence-electron chi connectivity index (χ4n) is 8.01. The number of ether oxygens (including phenoxy) is 6. The number of H-pyrrole nitrogens is 1. The van der Waals surface area contributed by atoms with Gasteiger partial charge in [-0.2, -0.15) is 15.3 Å². The van der Waals surface area contributed by atoms with Crippen molar-refractivity contribution in [3.8, 4) is 34.5 Å². The second-order valence-electron chi connectivity index (χ2n) is 17.2. The fraction of sp³-hybridized carbons (Fsp3) is 0.224. The van der Waals surface area contributed by atoms with Crippen molar-refractivity contribution in [3.63, 3.8) is 0 Å². The lowest BCUT2D eigenvalue weighted by molar-refractivity contribution is 0.414. The summed E-state index contributed by atoms with van der Waals surface area (Å²) in [5.41, 5.74) is 13.5. The van der Waals surface area contributed by atoms with Crippen LogP contribution in [0.25, 0.3) is 0 Å². The Morgan fingerprint density at radius 1 is 0.467 bits per heavy atom. The molecule has 0 saturated heterocycles. The van der Waals surface area contributed by atoms with Gasteiger partial charge in [-0.05, 0) is 145 Å². The summed E-state index contributed by atoms with van der Waals surface area (Å²) in [4.78, 5) is 4.63. The maximum Gasteiger partial charge on any atom is 0.154 e. The molecule has 9 aromatic rings. The summed E-state index contributed by atoms with van der Waals surface area (Å²) in [7, 11) is 10.1. The van der Waals surface area contributed by atoms with Gasteiger partial charge in [-0.1, -0.05) is 72.8 Å². The van der Waals surface area contributed by atoms with E-state index in [4.69, 9.17) is 39.3 Å². The maximum atomic E-state index is 5.33. The number of halogens is 2. The SMILES string of the molecule is COc1ccc(CN(Cc2ccc(OC)cc2)c2c(Br)cnn2Cc2ccc(OC)cc2)cc1.COc1ccc(CN(Cc2ccc(OC)cc2)c2nn(Cc3ccc(OC)cc3)cc2C)cc1.Nc1[nH]ncc1Br. The maximum absolute atomic E-state index is 5.33. The van der Waals surface area contributed by atoms with Gasteiger partial charge in [0.25, 0.3) is 0 Å². The highest BCUT2D eigenvalue weighted by atomic mass is 79.9. The number of nitrogen functional groups attached to an aromatic ring is 1. The van der Waals surface area contributed by atoms with E-state index < -0.39 is 0 Å². The Hall–Kier alpha value is -7.89. The van der Waals surface area contributed by atoms with E-state index in [2.05, 4.69) is 143 Å². The predicted molar refractivity (Wildman–Crippen MR) is 304 cm³/mol. The van der Waals surface area contributed by atoms with E-state index in [1.165, 1.54) is 27.8 Å². The van der Waals surface area contributed by atoms with Gasteiger partial charge in [0.15, 0.2) is 5.82 Å². The molecule has 6 aromatic carbocycles. The van der Waals surface area contributed by atoms with E-state index in [9.17, 15) is 0 Å². The van der Waals surface area contributed by atoms with Crippen LogP contribution in [0, 0.1) is 6.92 Å². The summed E-state index contributed by atoms with van der Waals surface area (Å²) in [6, 6.07) is 48.9. The number of nitrogens with one attached hydrogen (secondary N) is 1. The number of methoxy groups -OCH3 is 6. The number of aryl methyl sites for hydroxylation is 1. The smallest absolute Gasteiger partial charge is 0.154 e. The largest absolute Gasteiger partial charge is 0.497 e. The molecule has 9 rings (SSSR count). The Labute approximate surface area is 456 Å². The lowest BCUT2D eigenvalue weighted by Crippen LogP contribution is -2.25. The summed E-state index contributed by atoms with van der Waals surface area (Å²) < 4.78 is 37.7. The molecule has 3 aromatic heterocycles. The Balaban J connectivity index is 0.000000193. The number of hydrogen-bond acceptors (Lipinski definition) is 12. The summed E-state index contributed by atoms with van der Waals surface area (Å²) >= 11 is 6.89. The molecule has 3 N–H and O–H groups in total. The van der Waals surface area contributed by atoms with Crippen molar-refractivity contribution < 1.29 is 28.4 Å². The van der Waals surface area contributed by atoms with Gasteiger partial charge in [0.05, 0.1) is 77.1 Å². The van der Waals surface area contributed by atoms with E-state index in [-0.39, 0.29) is 0 Å². The first-order valence-corrected chi connectivity index (χ1v) is 25.5. The number of nitrogens with two attached hydrogens (primary N) is 1. The highest BCUT2D eigenvalue weighted by Gasteiger charge is 2.20. The Bertz CT molecular complexity index is 2990. The number of aromatic nitrogens is 6. The van der Waals surface area contributed by atoms with Crippen molar-refractivity contribution in [2.45, 2.75) is 46.2 Å². The van der Waals surface area contributed by atoms with Crippen LogP contribution in [0.2, 0.25) is 0 Å². The topological polar surface area (TPSA) is 152 Å². The van der Waals surface area contributed by atoms with Gasteiger partial charge in [0.2, 0.25) is 0 Å². The zero-order valence-corrected chi connectivity index (χ0v) is 46.4. The molecule has 15 nitrogen and oxygen atoms in total. The van der Waals surface area contributed by atoms with Crippen LogP contribution in [0.4, 0.5) is 17.5 Å². The predicted octanol–water partition coefficient (Wildman–Crippen LogP) is 12.2. The Kier molecular flexibility index (Phi) is 20.1.